The maximum absolute atomic E-state index is 13.6. The molecule has 0 radical (unpaired) electrons. The van der Waals surface area contributed by atoms with Gasteiger partial charge in [-0.3, -0.25) is 0 Å². The Balaban J connectivity index is 2.20. The van der Waals surface area contributed by atoms with Gasteiger partial charge >= 0.3 is 12.4 Å². The van der Waals surface area contributed by atoms with Crippen molar-refractivity contribution in [1.29, 1.82) is 0 Å². The molecule has 0 saturated heterocycles. The predicted octanol–water partition coefficient (Wildman–Crippen LogP) is 7.17. The fourth-order valence-corrected chi connectivity index (χ4v) is 3.79. The van der Waals surface area contributed by atoms with Gasteiger partial charge in [-0.1, -0.05) is 78.9 Å². The Morgan fingerprint density at radius 2 is 1.14 bits per heavy atom. The quantitative estimate of drug-likeness (QED) is 0.367. The van der Waals surface area contributed by atoms with Gasteiger partial charge < -0.3 is 0 Å². The molecular formula is C21H15ClF6. The van der Waals surface area contributed by atoms with Crippen molar-refractivity contribution in [3.63, 3.8) is 0 Å². The van der Waals surface area contributed by atoms with Gasteiger partial charge in [0.1, 0.15) is 4.87 Å². The van der Waals surface area contributed by atoms with Crippen LogP contribution in [0.15, 0.2) is 84.5 Å². The molecule has 0 fully saturated rings. The molecule has 2 aromatic carbocycles. The molecule has 0 aliphatic heterocycles. The zero-order valence-corrected chi connectivity index (χ0v) is 15.1. The van der Waals surface area contributed by atoms with Crippen molar-refractivity contribution >= 4 is 11.6 Å². The minimum Gasteiger partial charge on any atom is -0.170 e. The predicted molar refractivity (Wildman–Crippen MR) is 95.9 cm³/mol. The highest BCUT2D eigenvalue weighted by Gasteiger charge is 2.70. The van der Waals surface area contributed by atoms with E-state index in [-0.39, 0.29) is 11.6 Å². The number of hydrogen-bond acceptors (Lipinski definition) is 0. The standard InChI is InChI=1S/C21H15ClF6/c22-19(15-8-3-1-4-9-15,16-10-5-2-6-11-16)17-12-7-13-18(14-17,20(23,24)25)21(26,27)28/h1-13H,14H2. The summed E-state index contributed by atoms with van der Waals surface area (Å²) in [5.74, 6) is 0. The van der Waals surface area contributed by atoms with Gasteiger partial charge in [-0.25, -0.2) is 0 Å². The van der Waals surface area contributed by atoms with Crippen molar-refractivity contribution in [1.82, 2.24) is 0 Å². The number of hydrogen-bond donors (Lipinski definition) is 0. The summed E-state index contributed by atoms with van der Waals surface area (Å²) in [4.78, 5) is -1.67. The zero-order chi connectivity index (χ0) is 20.6. The number of halogens is 7. The van der Waals surface area contributed by atoms with E-state index in [9.17, 15) is 26.3 Å². The van der Waals surface area contributed by atoms with Crippen LogP contribution >= 0.6 is 11.6 Å². The molecule has 0 nitrogen and oxygen atoms in total. The summed E-state index contributed by atoms with van der Waals surface area (Å²) in [6.45, 7) is 0. The summed E-state index contributed by atoms with van der Waals surface area (Å²) in [6, 6.07) is 16.3. The molecule has 0 unspecified atom stereocenters. The third kappa shape index (κ3) is 3.24. The Morgan fingerprint density at radius 3 is 1.54 bits per heavy atom. The molecular weight excluding hydrogens is 402 g/mol. The van der Waals surface area contributed by atoms with Crippen LogP contribution in [0.2, 0.25) is 0 Å². The van der Waals surface area contributed by atoms with Crippen LogP contribution in [0.5, 0.6) is 0 Å². The molecule has 28 heavy (non-hydrogen) atoms. The van der Waals surface area contributed by atoms with Crippen LogP contribution in [0.25, 0.3) is 0 Å². The minimum atomic E-state index is -5.52. The molecule has 0 aromatic heterocycles. The van der Waals surface area contributed by atoms with Crippen LogP contribution in [0.1, 0.15) is 17.5 Å². The maximum Gasteiger partial charge on any atom is 0.406 e. The van der Waals surface area contributed by atoms with Gasteiger partial charge in [0.05, 0.1) is 0 Å². The summed E-state index contributed by atoms with van der Waals surface area (Å²) < 4.78 is 81.7. The first-order chi connectivity index (χ1) is 13.0. The van der Waals surface area contributed by atoms with Gasteiger partial charge in [0.15, 0.2) is 5.41 Å². The zero-order valence-electron chi connectivity index (χ0n) is 14.4. The Morgan fingerprint density at radius 1 is 0.714 bits per heavy atom. The highest BCUT2D eigenvalue weighted by molar-refractivity contribution is 6.28. The van der Waals surface area contributed by atoms with Crippen molar-refractivity contribution < 1.29 is 26.3 Å². The van der Waals surface area contributed by atoms with Crippen LogP contribution in [0.3, 0.4) is 0 Å². The van der Waals surface area contributed by atoms with Gasteiger partial charge in [0, 0.05) is 0 Å². The highest BCUT2D eigenvalue weighted by Crippen LogP contribution is 2.59. The second-order valence-corrected chi connectivity index (χ2v) is 7.15. The molecule has 0 saturated carbocycles. The summed E-state index contributed by atoms with van der Waals surface area (Å²) in [7, 11) is 0. The van der Waals surface area contributed by atoms with Crippen molar-refractivity contribution in [3.8, 4) is 0 Å². The fourth-order valence-electron chi connectivity index (χ4n) is 3.41. The Hall–Kier alpha value is -2.21. The molecule has 1 aliphatic rings. The van der Waals surface area contributed by atoms with Gasteiger partial charge in [0.25, 0.3) is 0 Å². The Labute approximate surface area is 163 Å². The first-order valence-electron chi connectivity index (χ1n) is 8.35. The summed E-state index contributed by atoms with van der Waals surface area (Å²) in [5, 5.41) is 0. The smallest absolute Gasteiger partial charge is 0.170 e. The molecule has 0 heterocycles. The fraction of sp³-hybridized carbons (Fsp3) is 0.238. The number of allylic oxidation sites excluding steroid dienone is 4. The summed E-state index contributed by atoms with van der Waals surface area (Å²) in [5.41, 5.74) is -3.39. The Bertz CT molecular complexity index is 825. The van der Waals surface area contributed by atoms with Crippen LogP contribution < -0.4 is 0 Å². The van der Waals surface area contributed by atoms with E-state index in [4.69, 9.17) is 11.6 Å². The molecule has 0 spiro atoms. The molecule has 3 rings (SSSR count). The highest BCUT2D eigenvalue weighted by atomic mass is 35.5. The van der Waals surface area contributed by atoms with Gasteiger partial charge in [-0.2, -0.15) is 26.3 Å². The van der Waals surface area contributed by atoms with Gasteiger partial charge in [0.2, 0.25) is 0 Å². The number of alkyl halides is 7. The molecule has 0 amide bonds. The average molecular weight is 417 g/mol. The summed E-state index contributed by atoms with van der Waals surface area (Å²) >= 11 is 6.86. The van der Waals surface area contributed by atoms with Crippen LogP contribution in [0, 0.1) is 5.41 Å². The van der Waals surface area contributed by atoms with Gasteiger partial charge in [-0.15, -0.1) is 11.6 Å². The number of benzene rings is 2. The lowest BCUT2D eigenvalue weighted by Gasteiger charge is -2.41. The van der Waals surface area contributed by atoms with E-state index in [0.717, 1.165) is 6.08 Å². The van der Waals surface area contributed by atoms with Crippen molar-refractivity contribution in [2.24, 2.45) is 5.41 Å². The molecule has 7 heteroatoms. The van der Waals surface area contributed by atoms with Crippen LogP contribution in [-0.2, 0) is 4.87 Å². The second-order valence-electron chi connectivity index (χ2n) is 6.59. The van der Waals surface area contributed by atoms with Crippen LogP contribution in [-0.4, -0.2) is 12.4 Å². The van der Waals surface area contributed by atoms with Crippen molar-refractivity contribution in [3.05, 3.63) is 95.6 Å². The first-order valence-corrected chi connectivity index (χ1v) is 8.72. The SMILES string of the molecule is FC(F)(F)C1(C(F)(F)F)C=CC=C(C(Cl)(c2ccccc2)c2ccccc2)C1. The van der Waals surface area contributed by atoms with Crippen molar-refractivity contribution in [2.45, 2.75) is 23.6 Å². The van der Waals surface area contributed by atoms with Gasteiger partial charge in [-0.05, 0) is 23.1 Å². The lowest BCUT2D eigenvalue weighted by Crippen LogP contribution is -2.50. The molecule has 0 bridgehead atoms. The molecule has 148 valence electrons. The van der Waals surface area contributed by atoms with E-state index in [1.807, 2.05) is 0 Å². The second kappa shape index (κ2) is 6.99. The lowest BCUT2D eigenvalue weighted by molar-refractivity contribution is -0.321. The van der Waals surface area contributed by atoms with E-state index in [0.29, 0.717) is 11.1 Å². The molecule has 2 aromatic rings. The summed E-state index contributed by atoms with van der Waals surface area (Å²) in [6.07, 6.45) is -10.2. The maximum atomic E-state index is 13.6. The topological polar surface area (TPSA) is 0 Å². The molecule has 1 aliphatic carbocycles. The van der Waals surface area contributed by atoms with E-state index in [1.54, 1.807) is 60.7 Å². The normalized spacial score (nSPS) is 17.3. The van der Waals surface area contributed by atoms with E-state index in [2.05, 4.69) is 0 Å². The molecule has 0 atom stereocenters. The lowest BCUT2D eigenvalue weighted by atomic mass is 9.70. The van der Waals surface area contributed by atoms with E-state index in [1.165, 1.54) is 6.08 Å². The average Bonchev–Trinajstić information content (AvgIpc) is 2.67. The third-order valence-corrected chi connectivity index (χ3v) is 5.62. The minimum absolute atomic E-state index is 0.170. The molecule has 0 N–H and O–H groups in total. The monoisotopic (exact) mass is 416 g/mol. The number of rotatable bonds is 3. The third-order valence-electron chi connectivity index (χ3n) is 4.94. The van der Waals surface area contributed by atoms with Crippen LogP contribution in [0.4, 0.5) is 26.3 Å². The first kappa shape index (κ1) is 20.5. The Kier molecular flexibility index (Phi) is 5.13. The van der Waals surface area contributed by atoms with E-state index < -0.39 is 29.1 Å². The van der Waals surface area contributed by atoms with E-state index >= 15 is 0 Å². The van der Waals surface area contributed by atoms with Crippen molar-refractivity contribution in [2.75, 3.05) is 0 Å². The largest absolute Gasteiger partial charge is 0.406 e.